The fourth-order valence-corrected chi connectivity index (χ4v) is 2.08. The molecule has 1 unspecified atom stereocenters. The average Bonchev–Trinajstić information content (AvgIpc) is 2.80. The summed E-state index contributed by atoms with van der Waals surface area (Å²) in [5.74, 6) is -1.48. The maximum atomic E-state index is 12.0. The molecule has 1 aliphatic heterocycles. The van der Waals surface area contributed by atoms with Crippen LogP contribution in [0.2, 0.25) is 0 Å². The number of carboxylic acids is 1. The van der Waals surface area contributed by atoms with Crippen molar-refractivity contribution in [2.75, 3.05) is 18.4 Å². The van der Waals surface area contributed by atoms with Gasteiger partial charge in [0.25, 0.3) is 0 Å². The van der Waals surface area contributed by atoms with Gasteiger partial charge in [-0.3, -0.25) is 9.59 Å². The molecule has 20 heavy (non-hydrogen) atoms. The molecule has 2 heterocycles. The molecular weight excluding hydrogens is 262 g/mol. The van der Waals surface area contributed by atoms with E-state index in [1.54, 1.807) is 4.90 Å². The van der Waals surface area contributed by atoms with Crippen LogP contribution in [0.1, 0.15) is 23.7 Å². The van der Waals surface area contributed by atoms with Crippen LogP contribution in [0.15, 0.2) is 18.3 Å². The Kier molecular flexibility index (Phi) is 3.97. The maximum absolute atomic E-state index is 12.0. The van der Waals surface area contributed by atoms with Crippen molar-refractivity contribution in [1.82, 2.24) is 9.88 Å². The molecule has 2 amide bonds. The van der Waals surface area contributed by atoms with Crippen LogP contribution in [0.4, 0.5) is 5.82 Å². The van der Waals surface area contributed by atoms with Crippen molar-refractivity contribution in [3.8, 4) is 0 Å². The summed E-state index contributed by atoms with van der Waals surface area (Å²) >= 11 is 0. The Morgan fingerprint density at radius 2 is 2.25 bits per heavy atom. The van der Waals surface area contributed by atoms with Gasteiger partial charge in [0.15, 0.2) is 0 Å². The van der Waals surface area contributed by atoms with Crippen LogP contribution in [-0.4, -0.2) is 45.9 Å². The number of amides is 2. The Morgan fingerprint density at radius 1 is 1.50 bits per heavy atom. The number of carboxylic acid groups (broad SMARTS) is 1. The fourth-order valence-electron chi connectivity index (χ4n) is 2.08. The van der Waals surface area contributed by atoms with Crippen LogP contribution in [-0.2, 0) is 9.59 Å². The molecule has 0 radical (unpaired) electrons. The average molecular weight is 277 g/mol. The van der Waals surface area contributed by atoms with Crippen LogP contribution in [0.5, 0.6) is 0 Å². The van der Waals surface area contributed by atoms with E-state index < -0.39 is 5.97 Å². The summed E-state index contributed by atoms with van der Waals surface area (Å²) < 4.78 is 0. The molecule has 7 nitrogen and oxygen atoms in total. The zero-order chi connectivity index (χ0) is 14.7. The minimum atomic E-state index is -1.07. The number of aromatic carboxylic acids is 1. The predicted octanol–water partition coefficient (Wildman–Crippen LogP) is 0.587. The van der Waals surface area contributed by atoms with Gasteiger partial charge in [-0.15, -0.1) is 0 Å². The van der Waals surface area contributed by atoms with E-state index in [0.717, 1.165) is 0 Å². The molecule has 2 N–H and O–H groups in total. The standard InChI is InChI=1S/C13H15N3O4/c1-2-16-7-9(5-11(16)17)12(18)15-10-4-3-8(6-14-10)13(19)20/h3-4,6,9H,2,5,7H2,1H3,(H,19,20)(H,14,15,18). The topological polar surface area (TPSA) is 99.6 Å². The minimum absolute atomic E-state index is 0.0261. The lowest BCUT2D eigenvalue weighted by Crippen LogP contribution is -2.28. The Labute approximate surface area is 115 Å². The highest BCUT2D eigenvalue weighted by atomic mass is 16.4. The number of carbonyl (C=O) groups excluding carboxylic acids is 2. The molecule has 1 atom stereocenters. The number of carbonyl (C=O) groups is 3. The molecule has 1 aliphatic rings. The van der Waals surface area contributed by atoms with Gasteiger partial charge in [-0.25, -0.2) is 9.78 Å². The van der Waals surface area contributed by atoms with E-state index in [4.69, 9.17) is 5.11 Å². The smallest absolute Gasteiger partial charge is 0.337 e. The summed E-state index contributed by atoms with van der Waals surface area (Å²) in [6, 6.07) is 2.79. The summed E-state index contributed by atoms with van der Waals surface area (Å²) in [4.78, 5) is 39.7. The molecule has 1 saturated heterocycles. The van der Waals surface area contributed by atoms with Crippen LogP contribution in [0.25, 0.3) is 0 Å². The van der Waals surface area contributed by atoms with Gasteiger partial charge in [-0.2, -0.15) is 0 Å². The first-order valence-corrected chi connectivity index (χ1v) is 6.29. The van der Waals surface area contributed by atoms with E-state index in [-0.39, 0.29) is 35.5 Å². The molecule has 0 saturated carbocycles. The molecule has 1 fully saturated rings. The molecular formula is C13H15N3O4. The summed E-state index contributed by atoms with van der Waals surface area (Å²) in [5.41, 5.74) is 0.0520. The van der Waals surface area contributed by atoms with E-state index in [2.05, 4.69) is 10.3 Å². The molecule has 0 aliphatic carbocycles. The third-order valence-electron chi connectivity index (χ3n) is 3.23. The maximum Gasteiger partial charge on any atom is 0.337 e. The Balaban J connectivity index is 1.98. The first kappa shape index (κ1) is 14.0. The lowest BCUT2D eigenvalue weighted by Gasteiger charge is -2.13. The van der Waals surface area contributed by atoms with Crippen molar-refractivity contribution < 1.29 is 19.5 Å². The van der Waals surface area contributed by atoms with Crippen molar-refractivity contribution in [3.63, 3.8) is 0 Å². The number of aromatic nitrogens is 1. The van der Waals surface area contributed by atoms with Crippen LogP contribution in [0, 0.1) is 5.92 Å². The zero-order valence-electron chi connectivity index (χ0n) is 11.0. The van der Waals surface area contributed by atoms with E-state index >= 15 is 0 Å². The summed E-state index contributed by atoms with van der Waals surface area (Å²) in [6.45, 7) is 2.87. The Morgan fingerprint density at radius 3 is 2.75 bits per heavy atom. The Bertz CT molecular complexity index is 541. The third kappa shape index (κ3) is 2.93. The van der Waals surface area contributed by atoms with Crippen molar-refractivity contribution in [2.45, 2.75) is 13.3 Å². The number of likely N-dealkylation sites (tertiary alicyclic amines) is 1. The Hall–Kier alpha value is -2.44. The van der Waals surface area contributed by atoms with Gasteiger partial charge in [0.05, 0.1) is 11.5 Å². The summed E-state index contributed by atoms with van der Waals surface area (Å²) in [5, 5.41) is 11.3. The van der Waals surface area contributed by atoms with Gasteiger partial charge in [0, 0.05) is 25.7 Å². The number of hydrogen-bond acceptors (Lipinski definition) is 4. The second-order valence-corrected chi connectivity index (χ2v) is 4.56. The van der Waals surface area contributed by atoms with Gasteiger partial charge < -0.3 is 15.3 Å². The second-order valence-electron chi connectivity index (χ2n) is 4.56. The van der Waals surface area contributed by atoms with Gasteiger partial charge in [0.1, 0.15) is 5.82 Å². The predicted molar refractivity (Wildman–Crippen MR) is 70.2 cm³/mol. The highest BCUT2D eigenvalue weighted by molar-refractivity contribution is 5.96. The number of nitrogens with zero attached hydrogens (tertiary/aromatic N) is 2. The largest absolute Gasteiger partial charge is 0.478 e. The molecule has 1 aromatic heterocycles. The number of pyridine rings is 1. The number of hydrogen-bond donors (Lipinski definition) is 2. The lowest BCUT2D eigenvalue weighted by molar-refractivity contribution is -0.128. The molecule has 7 heteroatoms. The fraction of sp³-hybridized carbons (Fsp3) is 0.385. The number of rotatable bonds is 4. The van der Waals surface area contributed by atoms with Gasteiger partial charge in [-0.1, -0.05) is 0 Å². The normalized spacial score (nSPS) is 18.1. The van der Waals surface area contributed by atoms with E-state index in [0.29, 0.717) is 13.1 Å². The monoisotopic (exact) mass is 277 g/mol. The third-order valence-corrected chi connectivity index (χ3v) is 3.23. The highest BCUT2D eigenvalue weighted by Crippen LogP contribution is 2.19. The van der Waals surface area contributed by atoms with E-state index in [1.165, 1.54) is 18.3 Å². The number of nitrogens with one attached hydrogen (secondary N) is 1. The van der Waals surface area contributed by atoms with Crippen molar-refractivity contribution >= 4 is 23.6 Å². The SMILES string of the molecule is CCN1CC(C(=O)Nc2ccc(C(=O)O)cn2)CC1=O. The molecule has 0 bridgehead atoms. The van der Waals surface area contributed by atoms with E-state index in [9.17, 15) is 14.4 Å². The summed E-state index contributed by atoms with van der Waals surface area (Å²) in [7, 11) is 0. The van der Waals surface area contributed by atoms with Gasteiger partial charge in [0.2, 0.25) is 11.8 Å². The van der Waals surface area contributed by atoms with E-state index in [1.807, 2.05) is 6.92 Å². The van der Waals surface area contributed by atoms with Crippen molar-refractivity contribution in [1.29, 1.82) is 0 Å². The minimum Gasteiger partial charge on any atom is -0.478 e. The number of anilines is 1. The summed E-state index contributed by atoms with van der Waals surface area (Å²) in [6.07, 6.45) is 1.38. The van der Waals surface area contributed by atoms with Crippen molar-refractivity contribution in [3.05, 3.63) is 23.9 Å². The molecule has 0 spiro atoms. The molecule has 106 valence electrons. The first-order chi connectivity index (χ1) is 9.51. The second kappa shape index (κ2) is 5.68. The van der Waals surface area contributed by atoms with Gasteiger partial charge in [-0.05, 0) is 19.1 Å². The van der Waals surface area contributed by atoms with Crippen LogP contribution < -0.4 is 5.32 Å². The zero-order valence-corrected chi connectivity index (χ0v) is 11.0. The lowest BCUT2D eigenvalue weighted by atomic mass is 10.1. The molecule has 2 rings (SSSR count). The van der Waals surface area contributed by atoms with Gasteiger partial charge >= 0.3 is 5.97 Å². The highest BCUT2D eigenvalue weighted by Gasteiger charge is 2.33. The van der Waals surface area contributed by atoms with Crippen LogP contribution in [0.3, 0.4) is 0 Å². The first-order valence-electron chi connectivity index (χ1n) is 6.29. The quantitative estimate of drug-likeness (QED) is 0.839. The van der Waals surface area contributed by atoms with Crippen LogP contribution >= 0.6 is 0 Å². The molecule has 0 aromatic carbocycles. The molecule has 1 aromatic rings. The van der Waals surface area contributed by atoms with Crippen molar-refractivity contribution in [2.24, 2.45) is 5.92 Å².